The lowest BCUT2D eigenvalue weighted by atomic mass is 9.64. The van der Waals surface area contributed by atoms with E-state index in [1.807, 2.05) is 72.8 Å². The molecule has 4 rings (SSSR count). The molecular weight excluding hydrogens is 424 g/mol. The standard InChI is InChI=1S/C28H32N4O2/c29-19-21-11-13-22(14-12-21)26(33)31-16-18-32-17-15-25(20-32)28(27(30)34,23-7-3-1-4-8-23)24-9-5-2-6-10-24/h1-14,25H,15-20,29H2,(H2,30,34)(H,31,33). The molecule has 2 amide bonds. The molecule has 1 aliphatic rings. The van der Waals surface area contributed by atoms with E-state index in [0.717, 1.165) is 36.2 Å². The summed E-state index contributed by atoms with van der Waals surface area (Å²) in [5.41, 5.74) is 14.4. The van der Waals surface area contributed by atoms with Crippen molar-refractivity contribution in [2.24, 2.45) is 17.4 Å². The molecule has 3 aromatic rings. The third-order valence-electron chi connectivity index (χ3n) is 6.90. The number of hydrogen-bond donors (Lipinski definition) is 3. The van der Waals surface area contributed by atoms with Crippen LogP contribution in [0.15, 0.2) is 84.9 Å². The first-order valence-corrected chi connectivity index (χ1v) is 11.8. The average molecular weight is 457 g/mol. The van der Waals surface area contributed by atoms with E-state index in [1.165, 1.54) is 0 Å². The molecule has 1 atom stereocenters. The molecule has 0 aliphatic carbocycles. The highest BCUT2D eigenvalue weighted by Gasteiger charge is 2.49. The van der Waals surface area contributed by atoms with Gasteiger partial charge in [0.15, 0.2) is 0 Å². The van der Waals surface area contributed by atoms with Crippen molar-refractivity contribution in [3.63, 3.8) is 0 Å². The molecule has 0 radical (unpaired) electrons. The summed E-state index contributed by atoms with van der Waals surface area (Å²) in [6, 6.07) is 27.1. The van der Waals surface area contributed by atoms with Gasteiger partial charge >= 0.3 is 0 Å². The number of primary amides is 1. The molecule has 1 unspecified atom stereocenters. The fourth-order valence-corrected chi connectivity index (χ4v) is 5.14. The minimum Gasteiger partial charge on any atom is -0.369 e. The normalized spacial score (nSPS) is 16.3. The van der Waals surface area contributed by atoms with Crippen molar-refractivity contribution in [3.8, 4) is 0 Å². The highest BCUT2D eigenvalue weighted by Crippen LogP contribution is 2.43. The van der Waals surface area contributed by atoms with Gasteiger partial charge in [0.25, 0.3) is 5.91 Å². The van der Waals surface area contributed by atoms with Gasteiger partial charge in [-0.15, -0.1) is 0 Å². The lowest BCUT2D eigenvalue weighted by Gasteiger charge is -2.37. The van der Waals surface area contributed by atoms with Crippen LogP contribution in [0.3, 0.4) is 0 Å². The van der Waals surface area contributed by atoms with Gasteiger partial charge in [0.1, 0.15) is 5.41 Å². The Bertz CT molecular complexity index is 1060. The minimum absolute atomic E-state index is 0.0364. The molecule has 0 aromatic heterocycles. The molecule has 6 nitrogen and oxygen atoms in total. The number of amides is 2. The van der Waals surface area contributed by atoms with Gasteiger partial charge < -0.3 is 21.7 Å². The van der Waals surface area contributed by atoms with Gasteiger partial charge in [0, 0.05) is 31.7 Å². The molecule has 0 bridgehead atoms. The van der Waals surface area contributed by atoms with Crippen LogP contribution in [0.4, 0.5) is 0 Å². The van der Waals surface area contributed by atoms with E-state index in [0.29, 0.717) is 25.2 Å². The van der Waals surface area contributed by atoms with Crippen LogP contribution in [0.2, 0.25) is 0 Å². The quantitative estimate of drug-likeness (QED) is 0.461. The summed E-state index contributed by atoms with van der Waals surface area (Å²) in [5, 5.41) is 3.00. The van der Waals surface area contributed by atoms with Crippen molar-refractivity contribution < 1.29 is 9.59 Å². The van der Waals surface area contributed by atoms with Crippen LogP contribution in [0.25, 0.3) is 0 Å². The van der Waals surface area contributed by atoms with Crippen LogP contribution in [0.5, 0.6) is 0 Å². The van der Waals surface area contributed by atoms with Gasteiger partial charge in [-0.05, 0) is 47.7 Å². The number of benzene rings is 3. The Labute approximate surface area is 201 Å². The fraction of sp³-hybridized carbons (Fsp3) is 0.286. The third kappa shape index (κ3) is 4.74. The van der Waals surface area contributed by atoms with Crippen molar-refractivity contribution in [1.29, 1.82) is 0 Å². The first-order chi connectivity index (χ1) is 16.6. The van der Waals surface area contributed by atoms with E-state index < -0.39 is 5.41 Å². The van der Waals surface area contributed by atoms with Crippen molar-refractivity contribution in [2.45, 2.75) is 18.4 Å². The zero-order valence-electron chi connectivity index (χ0n) is 19.3. The van der Waals surface area contributed by atoms with Gasteiger partial charge in [0.05, 0.1) is 0 Å². The van der Waals surface area contributed by atoms with Crippen molar-refractivity contribution in [2.75, 3.05) is 26.2 Å². The smallest absolute Gasteiger partial charge is 0.251 e. The minimum atomic E-state index is -0.898. The van der Waals surface area contributed by atoms with Gasteiger partial charge in [-0.3, -0.25) is 9.59 Å². The Balaban J connectivity index is 1.46. The van der Waals surface area contributed by atoms with E-state index in [2.05, 4.69) is 10.2 Å². The predicted octanol–water partition coefficient (Wildman–Crippen LogP) is 2.67. The number of carbonyl (C=O) groups is 2. The summed E-state index contributed by atoms with van der Waals surface area (Å²) in [6.45, 7) is 3.27. The molecule has 0 saturated carbocycles. The number of rotatable bonds is 9. The van der Waals surface area contributed by atoms with E-state index in [1.54, 1.807) is 12.1 Å². The number of nitrogens with zero attached hydrogens (tertiary/aromatic N) is 1. The average Bonchev–Trinajstić information content (AvgIpc) is 3.34. The van der Waals surface area contributed by atoms with E-state index >= 15 is 0 Å². The lowest BCUT2D eigenvalue weighted by Crippen LogP contribution is -2.49. The Morgan fingerprint density at radius 2 is 1.50 bits per heavy atom. The van der Waals surface area contributed by atoms with Crippen molar-refractivity contribution >= 4 is 11.8 Å². The van der Waals surface area contributed by atoms with E-state index in [9.17, 15) is 9.59 Å². The number of likely N-dealkylation sites (tertiary alicyclic amines) is 1. The largest absolute Gasteiger partial charge is 0.369 e. The summed E-state index contributed by atoms with van der Waals surface area (Å²) >= 11 is 0. The van der Waals surface area contributed by atoms with Gasteiger partial charge in [-0.2, -0.15) is 0 Å². The van der Waals surface area contributed by atoms with Crippen LogP contribution in [-0.2, 0) is 16.8 Å². The van der Waals surface area contributed by atoms with Crippen LogP contribution in [0, 0.1) is 5.92 Å². The Morgan fingerprint density at radius 1 is 0.912 bits per heavy atom. The second-order valence-electron chi connectivity index (χ2n) is 8.85. The molecule has 1 saturated heterocycles. The molecule has 6 heteroatoms. The number of carbonyl (C=O) groups excluding carboxylic acids is 2. The highest BCUT2D eigenvalue weighted by atomic mass is 16.2. The maximum atomic E-state index is 13.2. The summed E-state index contributed by atoms with van der Waals surface area (Å²) in [5.74, 6) is -0.389. The van der Waals surface area contributed by atoms with Crippen molar-refractivity contribution in [1.82, 2.24) is 10.2 Å². The SMILES string of the molecule is NCc1ccc(C(=O)NCCN2CCC(C(C(N)=O)(c3ccccc3)c3ccccc3)C2)cc1. The predicted molar refractivity (Wildman–Crippen MR) is 134 cm³/mol. The molecule has 176 valence electrons. The number of hydrogen-bond acceptors (Lipinski definition) is 4. The van der Waals surface area contributed by atoms with E-state index in [4.69, 9.17) is 11.5 Å². The maximum absolute atomic E-state index is 13.2. The molecule has 1 fully saturated rings. The van der Waals surface area contributed by atoms with E-state index in [-0.39, 0.29) is 17.7 Å². The zero-order chi connectivity index (χ0) is 24.0. The Hall–Kier alpha value is -3.48. The second kappa shape index (κ2) is 10.6. The highest BCUT2D eigenvalue weighted by molar-refractivity contribution is 5.94. The summed E-state index contributed by atoms with van der Waals surface area (Å²) in [6.07, 6.45) is 0.848. The fourth-order valence-electron chi connectivity index (χ4n) is 5.14. The summed E-state index contributed by atoms with van der Waals surface area (Å²) in [4.78, 5) is 27.9. The van der Waals surface area contributed by atoms with Crippen LogP contribution in [0.1, 0.15) is 33.5 Å². The molecule has 0 spiro atoms. The molecular formula is C28H32N4O2. The van der Waals surface area contributed by atoms with Crippen molar-refractivity contribution in [3.05, 3.63) is 107 Å². The zero-order valence-corrected chi connectivity index (χ0v) is 19.3. The molecule has 3 aromatic carbocycles. The number of nitrogens with two attached hydrogens (primary N) is 2. The first-order valence-electron chi connectivity index (χ1n) is 11.8. The second-order valence-corrected chi connectivity index (χ2v) is 8.85. The first kappa shape index (κ1) is 23.7. The van der Waals surface area contributed by atoms with Gasteiger partial charge in [-0.25, -0.2) is 0 Å². The number of nitrogens with one attached hydrogen (secondary N) is 1. The summed E-state index contributed by atoms with van der Waals surface area (Å²) < 4.78 is 0. The van der Waals surface area contributed by atoms with Gasteiger partial charge in [-0.1, -0.05) is 72.8 Å². The van der Waals surface area contributed by atoms with Crippen LogP contribution < -0.4 is 16.8 Å². The van der Waals surface area contributed by atoms with Crippen LogP contribution >= 0.6 is 0 Å². The topological polar surface area (TPSA) is 101 Å². The summed E-state index contributed by atoms with van der Waals surface area (Å²) in [7, 11) is 0. The van der Waals surface area contributed by atoms with Crippen LogP contribution in [-0.4, -0.2) is 42.9 Å². The Kier molecular flexibility index (Phi) is 7.40. The van der Waals surface area contributed by atoms with Gasteiger partial charge in [0.2, 0.25) is 5.91 Å². The Morgan fingerprint density at radius 3 is 2.03 bits per heavy atom. The molecule has 1 aliphatic heterocycles. The third-order valence-corrected chi connectivity index (χ3v) is 6.90. The molecule has 1 heterocycles. The lowest BCUT2D eigenvalue weighted by molar-refractivity contribution is -0.123. The monoisotopic (exact) mass is 456 g/mol. The molecule has 5 N–H and O–H groups in total. The molecule has 34 heavy (non-hydrogen) atoms. The maximum Gasteiger partial charge on any atom is 0.251 e.